The molecule has 2 aliphatic heterocycles. The molecule has 5 rings (SSSR count). The molecule has 1 spiro atoms. The number of rotatable bonds is 1. The number of benzene rings is 1. The Morgan fingerprint density at radius 2 is 1.18 bits per heavy atom. The van der Waals surface area contributed by atoms with Gasteiger partial charge in [0.1, 0.15) is 0 Å². The molecule has 0 saturated heterocycles. The molecule has 6 heteroatoms. The molecule has 0 amide bonds. The van der Waals surface area contributed by atoms with Gasteiger partial charge in [0.15, 0.2) is 0 Å². The second-order valence-corrected chi connectivity index (χ2v) is 18.9. The van der Waals surface area contributed by atoms with Crippen LogP contribution in [0, 0.1) is 0 Å². The van der Waals surface area contributed by atoms with E-state index in [9.17, 15) is 0 Å². The number of nitrogens with zero attached hydrogens (tertiary/aromatic N) is 2. The first kappa shape index (κ1) is 12.9. The van der Waals surface area contributed by atoms with Crippen LogP contribution >= 0.6 is 22.4 Å². The Morgan fingerprint density at radius 3 is 1.68 bits per heavy atom. The molecule has 0 atom stereocenters. The average molecular weight is 345 g/mol. The summed E-state index contributed by atoms with van der Waals surface area (Å²) in [5, 5.41) is 2.74. The van der Waals surface area contributed by atoms with Crippen molar-refractivity contribution in [1.29, 1.82) is 0 Å². The van der Waals surface area contributed by atoms with Gasteiger partial charge in [0.25, 0.3) is 0 Å². The number of halogens is 1. The van der Waals surface area contributed by atoms with Crippen LogP contribution in [-0.2, 0) is 0 Å². The minimum atomic E-state index is -4.89. The van der Waals surface area contributed by atoms with E-state index in [-0.39, 0.29) is 0 Å². The summed E-state index contributed by atoms with van der Waals surface area (Å²) < 4.78 is 21.3. The van der Waals surface area contributed by atoms with Crippen molar-refractivity contribution in [2.45, 2.75) is 10.1 Å². The summed E-state index contributed by atoms with van der Waals surface area (Å²) in [5.74, 6) is 0. The van der Waals surface area contributed by atoms with E-state index in [1.165, 1.54) is 22.4 Å². The predicted octanol–water partition coefficient (Wildman–Crippen LogP) is 2.59. The summed E-state index contributed by atoms with van der Waals surface area (Å²) in [6.07, 6.45) is 3.78. The second kappa shape index (κ2) is 3.47. The van der Waals surface area contributed by atoms with Crippen molar-refractivity contribution >= 4 is 33.2 Å². The molecule has 2 nitrogen and oxygen atoms in total. The molecule has 0 unspecified atom stereocenters. The molecule has 1 aromatic carbocycles. The van der Waals surface area contributed by atoms with Crippen molar-refractivity contribution in [2.75, 3.05) is 0 Å². The first-order valence-corrected chi connectivity index (χ1v) is 13.0. The Hall–Kier alpha value is -1.63. The van der Waals surface area contributed by atoms with E-state index in [2.05, 4.69) is 0 Å². The van der Waals surface area contributed by atoms with Gasteiger partial charge in [-0.05, 0) is 0 Å². The van der Waals surface area contributed by atoms with E-state index in [4.69, 9.17) is 0 Å². The van der Waals surface area contributed by atoms with E-state index in [1.807, 2.05) is 87.6 Å². The Labute approximate surface area is 135 Å². The van der Waals surface area contributed by atoms with Crippen LogP contribution in [0.4, 0.5) is 4.11 Å². The summed E-state index contributed by atoms with van der Waals surface area (Å²) in [5.41, 5.74) is -4.89. The zero-order valence-corrected chi connectivity index (χ0v) is 14.2. The quantitative estimate of drug-likeness (QED) is 0.495. The molecule has 2 aliphatic rings. The van der Waals surface area contributed by atoms with Crippen molar-refractivity contribution < 1.29 is 12.6 Å². The molecular weight excluding hydrogens is 331 g/mol. The maximum atomic E-state index is 17.5. The minimum absolute atomic E-state index is 0.778. The van der Waals surface area contributed by atoms with Gasteiger partial charge in [-0.25, -0.2) is 0 Å². The van der Waals surface area contributed by atoms with Crippen LogP contribution in [0.1, 0.15) is 0 Å². The molecule has 22 heavy (non-hydrogen) atoms. The van der Waals surface area contributed by atoms with E-state index >= 15 is 4.11 Å². The summed E-state index contributed by atoms with van der Waals surface area (Å²) in [7, 11) is 0. The zero-order chi connectivity index (χ0) is 14.9. The van der Waals surface area contributed by atoms with Crippen LogP contribution in [0.5, 0.6) is 0 Å². The Kier molecular flexibility index (Phi) is 2.03. The van der Waals surface area contributed by atoms with E-state index in [0.29, 0.717) is 0 Å². The molecule has 3 aromatic rings. The van der Waals surface area contributed by atoms with E-state index in [0.717, 1.165) is 15.2 Å². The van der Waals surface area contributed by atoms with Gasteiger partial charge >= 0.3 is 135 Å². The van der Waals surface area contributed by atoms with Crippen molar-refractivity contribution in [3.8, 4) is 0 Å². The fourth-order valence-corrected chi connectivity index (χ4v) is 20.5. The van der Waals surface area contributed by atoms with Crippen molar-refractivity contribution in [2.24, 2.45) is 0 Å². The normalized spacial score (nSPS) is 24.2. The van der Waals surface area contributed by atoms with E-state index < -0.39 is 5.58 Å². The fourth-order valence-electron chi connectivity index (χ4n) is 3.71. The molecule has 4 heterocycles. The summed E-state index contributed by atoms with van der Waals surface area (Å²) in [6, 6.07) is 21.4. The Balaban J connectivity index is 1.97. The zero-order valence-electron chi connectivity index (χ0n) is 11.6. The topological polar surface area (TPSA) is 7.76 Å². The van der Waals surface area contributed by atoms with Crippen LogP contribution in [0.15, 0.2) is 89.2 Å². The third kappa shape index (κ3) is 1.06. The fraction of sp³-hybridized carbons (Fsp3) is 0. The van der Waals surface area contributed by atoms with Gasteiger partial charge in [0.05, 0.1) is 0 Å². The first-order chi connectivity index (χ1) is 10.6. The van der Waals surface area contributed by atoms with Crippen LogP contribution < -0.4 is 13.7 Å². The predicted molar refractivity (Wildman–Crippen MR) is 88.7 cm³/mol. The summed E-state index contributed by atoms with van der Waals surface area (Å²) >= 11 is 2.82. The molecule has 0 radical (unpaired) electrons. The van der Waals surface area contributed by atoms with Gasteiger partial charge < -0.3 is 0 Å². The van der Waals surface area contributed by atoms with Gasteiger partial charge in [-0.3, -0.25) is 0 Å². The molecular formula is C16H13FN2S2Si. The Morgan fingerprint density at radius 1 is 0.682 bits per heavy atom. The van der Waals surface area contributed by atoms with Crippen LogP contribution in [0.3, 0.4) is 0 Å². The maximum absolute atomic E-state index is 17.5. The summed E-state index contributed by atoms with van der Waals surface area (Å²) in [4.78, 5) is 0. The third-order valence-corrected chi connectivity index (χ3v) is 20.6. The second-order valence-electron chi connectivity index (χ2n) is 5.78. The van der Waals surface area contributed by atoms with Crippen LogP contribution in [0.25, 0.3) is 0 Å². The van der Waals surface area contributed by atoms with Crippen molar-refractivity contribution in [3.63, 3.8) is 0 Å². The van der Waals surface area contributed by atoms with Gasteiger partial charge in [0.2, 0.25) is 0 Å². The standard InChI is InChI=1S/C16H13FN2S2Si/c17-22(14-8-2-1-3-9-14,18-12-6-4-10-15(18)20-22)19-13-7-5-11-16(19)21-22/h1-13H. The molecule has 2 aromatic heterocycles. The third-order valence-electron chi connectivity index (χ3n) is 4.71. The van der Waals surface area contributed by atoms with Crippen LogP contribution in [0.2, 0.25) is 0 Å². The molecule has 0 bridgehead atoms. The number of hydrogen-bond donors (Lipinski definition) is 0. The molecule has 0 N–H and O–H groups in total. The van der Waals surface area contributed by atoms with E-state index in [1.54, 1.807) is 0 Å². The van der Waals surface area contributed by atoms with Crippen molar-refractivity contribution in [3.05, 3.63) is 79.1 Å². The van der Waals surface area contributed by atoms with Gasteiger partial charge in [-0.1, -0.05) is 0 Å². The van der Waals surface area contributed by atoms with Crippen molar-refractivity contribution in [1.82, 2.24) is 0 Å². The molecule has 0 saturated carbocycles. The molecule has 0 aliphatic carbocycles. The SMILES string of the molecule is F[Si-2]12(c3ccccc3)(Sc3cccc[n+]31)Sc1cccc[n+]12. The monoisotopic (exact) mass is 344 g/mol. The number of fused-ring (bicyclic) bond motifs is 4. The Bertz CT molecular complexity index is 908. The molecule has 110 valence electrons. The average Bonchev–Trinajstić information content (AvgIpc) is 2.54. The van der Waals surface area contributed by atoms with Gasteiger partial charge in [-0.2, -0.15) is 0 Å². The number of aromatic nitrogens is 2. The first-order valence-electron chi connectivity index (χ1n) is 7.15. The molecule has 0 fully saturated rings. The number of pyridine rings is 2. The van der Waals surface area contributed by atoms with Gasteiger partial charge in [-0.15, -0.1) is 0 Å². The number of hydrogen-bond acceptors (Lipinski definition) is 2. The van der Waals surface area contributed by atoms with Crippen LogP contribution in [-0.4, -0.2) is 5.58 Å². The van der Waals surface area contributed by atoms with Gasteiger partial charge in [0, 0.05) is 0 Å². The summed E-state index contributed by atoms with van der Waals surface area (Å²) in [6.45, 7) is 0.